The van der Waals surface area contributed by atoms with Crippen LogP contribution in [0.2, 0.25) is 0 Å². The summed E-state index contributed by atoms with van der Waals surface area (Å²) in [5.74, 6) is -0.825. The summed E-state index contributed by atoms with van der Waals surface area (Å²) in [5.41, 5.74) is 1.55. The fourth-order valence-corrected chi connectivity index (χ4v) is 1.77. The lowest BCUT2D eigenvalue weighted by molar-refractivity contribution is 0.594. The fraction of sp³-hybridized carbons (Fsp3) is 0.286. The van der Waals surface area contributed by atoms with Gasteiger partial charge in [-0.1, -0.05) is 0 Å². The van der Waals surface area contributed by atoms with Gasteiger partial charge in [0.25, 0.3) is 0 Å². The number of aryl methyl sites for hydroxylation is 2. The topological polar surface area (TPSA) is 17.0 Å². The molecular formula is C14H16F2N2. The molecule has 4 heteroatoms. The lowest BCUT2D eigenvalue weighted by Crippen LogP contribution is -2.02. The molecule has 1 aromatic carbocycles. The molecule has 2 aromatic rings. The Morgan fingerprint density at radius 1 is 1.22 bits per heavy atom. The zero-order valence-corrected chi connectivity index (χ0v) is 10.5. The third-order valence-corrected chi connectivity index (χ3v) is 2.91. The van der Waals surface area contributed by atoms with E-state index in [0.717, 1.165) is 12.1 Å². The van der Waals surface area contributed by atoms with Gasteiger partial charge in [-0.25, -0.2) is 8.78 Å². The van der Waals surface area contributed by atoms with Crippen molar-refractivity contribution in [2.75, 3.05) is 5.32 Å². The first-order valence-corrected chi connectivity index (χ1v) is 5.94. The Labute approximate surface area is 105 Å². The van der Waals surface area contributed by atoms with Crippen LogP contribution in [0.3, 0.4) is 0 Å². The van der Waals surface area contributed by atoms with Gasteiger partial charge in [0.2, 0.25) is 0 Å². The maximum Gasteiger partial charge on any atom is 0.146 e. The molecule has 0 radical (unpaired) electrons. The summed E-state index contributed by atoms with van der Waals surface area (Å²) >= 11 is 0. The highest BCUT2D eigenvalue weighted by molar-refractivity contribution is 5.47. The van der Waals surface area contributed by atoms with E-state index in [1.54, 1.807) is 6.92 Å². The number of aromatic nitrogens is 1. The first-order valence-electron chi connectivity index (χ1n) is 5.94. The minimum Gasteiger partial charge on any atom is -0.378 e. The van der Waals surface area contributed by atoms with Crippen molar-refractivity contribution >= 4 is 5.69 Å². The Balaban J connectivity index is 2.08. The van der Waals surface area contributed by atoms with Gasteiger partial charge in [0.05, 0.1) is 5.69 Å². The molecule has 0 saturated carbocycles. The highest BCUT2D eigenvalue weighted by Gasteiger charge is 2.07. The van der Waals surface area contributed by atoms with Crippen molar-refractivity contribution in [1.82, 2.24) is 4.57 Å². The van der Waals surface area contributed by atoms with Crippen LogP contribution in [0.15, 0.2) is 30.6 Å². The van der Waals surface area contributed by atoms with E-state index in [-0.39, 0.29) is 5.69 Å². The normalized spacial score (nSPS) is 10.7. The smallest absolute Gasteiger partial charge is 0.146 e. The van der Waals surface area contributed by atoms with E-state index in [9.17, 15) is 8.78 Å². The molecule has 2 nitrogen and oxygen atoms in total. The first-order chi connectivity index (χ1) is 8.60. The van der Waals surface area contributed by atoms with Crippen molar-refractivity contribution in [1.29, 1.82) is 0 Å². The molecule has 2 rings (SSSR count). The van der Waals surface area contributed by atoms with Crippen molar-refractivity contribution in [3.63, 3.8) is 0 Å². The summed E-state index contributed by atoms with van der Waals surface area (Å²) in [6.45, 7) is 4.97. The molecule has 96 valence electrons. The Kier molecular flexibility index (Phi) is 3.65. The molecular weight excluding hydrogens is 234 g/mol. The van der Waals surface area contributed by atoms with Crippen LogP contribution in [0.1, 0.15) is 18.1 Å². The summed E-state index contributed by atoms with van der Waals surface area (Å²) in [5, 5.41) is 2.91. The van der Waals surface area contributed by atoms with E-state index in [1.807, 2.05) is 30.0 Å². The molecule has 1 heterocycles. The standard InChI is InChI=1S/C14H16F2N2/c1-3-18-5-4-11(9-18)8-17-14-7-12(15)10(2)6-13(14)16/h4-7,9,17H,3,8H2,1-2H3. The second-order valence-electron chi connectivity index (χ2n) is 4.28. The zero-order chi connectivity index (χ0) is 13.1. The number of halogens is 2. The van der Waals surface area contributed by atoms with E-state index in [0.29, 0.717) is 12.1 Å². The van der Waals surface area contributed by atoms with Crippen LogP contribution in [-0.2, 0) is 13.1 Å². The van der Waals surface area contributed by atoms with E-state index >= 15 is 0 Å². The minimum atomic E-state index is -0.427. The van der Waals surface area contributed by atoms with Gasteiger partial charge in [-0.3, -0.25) is 0 Å². The molecule has 0 aliphatic carbocycles. The molecule has 1 N–H and O–H groups in total. The number of benzene rings is 1. The van der Waals surface area contributed by atoms with Gasteiger partial charge in [-0.05, 0) is 37.1 Å². The van der Waals surface area contributed by atoms with E-state index in [4.69, 9.17) is 0 Å². The summed E-state index contributed by atoms with van der Waals surface area (Å²) in [7, 11) is 0. The monoisotopic (exact) mass is 250 g/mol. The summed E-state index contributed by atoms with van der Waals surface area (Å²) in [6.07, 6.45) is 3.94. The maximum absolute atomic E-state index is 13.6. The third kappa shape index (κ3) is 2.70. The molecule has 0 unspecified atom stereocenters. The summed E-state index contributed by atoms with van der Waals surface area (Å²) in [4.78, 5) is 0. The van der Waals surface area contributed by atoms with Crippen LogP contribution in [0, 0.1) is 18.6 Å². The lowest BCUT2D eigenvalue weighted by Gasteiger charge is -2.08. The van der Waals surface area contributed by atoms with Gasteiger partial charge in [-0.2, -0.15) is 0 Å². The Morgan fingerprint density at radius 2 is 2.00 bits per heavy atom. The molecule has 1 aromatic heterocycles. The molecule has 0 saturated heterocycles. The molecule has 0 atom stereocenters. The third-order valence-electron chi connectivity index (χ3n) is 2.91. The molecule has 0 aliphatic rings. The molecule has 0 amide bonds. The number of hydrogen-bond acceptors (Lipinski definition) is 1. The van der Waals surface area contributed by atoms with Crippen LogP contribution in [0.5, 0.6) is 0 Å². The second kappa shape index (κ2) is 5.21. The van der Waals surface area contributed by atoms with E-state index in [2.05, 4.69) is 5.32 Å². The van der Waals surface area contributed by atoms with Gasteiger partial charge in [0, 0.05) is 31.5 Å². The van der Waals surface area contributed by atoms with Gasteiger partial charge >= 0.3 is 0 Å². The molecule has 0 aliphatic heterocycles. The van der Waals surface area contributed by atoms with Crippen LogP contribution in [0.4, 0.5) is 14.5 Å². The summed E-state index contributed by atoms with van der Waals surface area (Å²) in [6, 6.07) is 4.36. The Bertz CT molecular complexity index is 547. The Hall–Kier alpha value is -1.84. The maximum atomic E-state index is 13.6. The predicted molar refractivity (Wildman–Crippen MR) is 68.5 cm³/mol. The van der Waals surface area contributed by atoms with Gasteiger partial charge in [-0.15, -0.1) is 0 Å². The summed E-state index contributed by atoms with van der Waals surface area (Å²) < 4.78 is 28.9. The molecule has 0 spiro atoms. The second-order valence-corrected chi connectivity index (χ2v) is 4.28. The van der Waals surface area contributed by atoms with Crippen molar-refractivity contribution in [2.24, 2.45) is 0 Å². The van der Waals surface area contributed by atoms with Crippen LogP contribution < -0.4 is 5.32 Å². The van der Waals surface area contributed by atoms with Crippen molar-refractivity contribution < 1.29 is 8.78 Å². The zero-order valence-electron chi connectivity index (χ0n) is 10.5. The van der Waals surface area contributed by atoms with E-state index in [1.165, 1.54) is 12.1 Å². The number of nitrogens with one attached hydrogen (secondary N) is 1. The largest absolute Gasteiger partial charge is 0.378 e. The average molecular weight is 250 g/mol. The molecule has 0 bridgehead atoms. The van der Waals surface area contributed by atoms with Crippen molar-refractivity contribution in [2.45, 2.75) is 26.9 Å². The lowest BCUT2D eigenvalue weighted by atomic mass is 10.2. The Morgan fingerprint density at radius 3 is 2.67 bits per heavy atom. The highest BCUT2D eigenvalue weighted by Crippen LogP contribution is 2.19. The minimum absolute atomic E-state index is 0.197. The fourth-order valence-electron chi connectivity index (χ4n) is 1.77. The number of hydrogen-bond donors (Lipinski definition) is 1. The van der Waals surface area contributed by atoms with Gasteiger partial charge in [0.1, 0.15) is 11.6 Å². The van der Waals surface area contributed by atoms with Crippen molar-refractivity contribution in [3.8, 4) is 0 Å². The van der Waals surface area contributed by atoms with Crippen LogP contribution in [-0.4, -0.2) is 4.57 Å². The number of anilines is 1. The SMILES string of the molecule is CCn1ccc(CNc2cc(F)c(C)cc2F)c1. The van der Waals surface area contributed by atoms with Crippen LogP contribution >= 0.6 is 0 Å². The molecule has 0 fully saturated rings. The predicted octanol–water partition coefficient (Wildman–Crippen LogP) is 3.71. The van der Waals surface area contributed by atoms with Gasteiger partial charge < -0.3 is 9.88 Å². The average Bonchev–Trinajstić information content (AvgIpc) is 2.80. The van der Waals surface area contributed by atoms with Crippen LogP contribution in [0.25, 0.3) is 0 Å². The number of rotatable bonds is 4. The number of nitrogens with zero attached hydrogens (tertiary/aromatic N) is 1. The molecule has 18 heavy (non-hydrogen) atoms. The van der Waals surface area contributed by atoms with Gasteiger partial charge in [0.15, 0.2) is 0 Å². The quantitative estimate of drug-likeness (QED) is 0.875. The van der Waals surface area contributed by atoms with E-state index < -0.39 is 11.6 Å². The first kappa shape index (κ1) is 12.6. The van der Waals surface area contributed by atoms with Crippen molar-refractivity contribution in [3.05, 3.63) is 53.4 Å². The highest BCUT2D eigenvalue weighted by atomic mass is 19.1.